The molecule has 0 saturated carbocycles. The van der Waals surface area contributed by atoms with Crippen LogP contribution in [0.2, 0.25) is 0 Å². The molecule has 0 aliphatic carbocycles. The third kappa shape index (κ3) is 3.53. The summed E-state index contributed by atoms with van der Waals surface area (Å²) >= 11 is 0. The first-order valence-electron chi connectivity index (χ1n) is 8.20. The fourth-order valence-electron chi connectivity index (χ4n) is 2.75. The van der Waals surface area contributed by atoms with Gasteiger partial charge >= 0.3 is 5.97 Å². The molecule has 2 amide bonds. The third-order valence-corrected chi connectivity index (χ3v) is 4.19. The van der Waals surface area contributed by atoms with Crippen molar-refractivity contribution >= 4 is 29.2 Å². The highest BCUT2D eigenvalue weighted by Crippen LogP contribution is 2.30. The number of fused-ring (bicyclic) bond motifs is 1. The van der Waals surface area contributed by atoms with Crippen LogP contribution in [0, 0.1) is 0 Å². The summed E-state index contributed by atoms with van der Waals surface area (Å²) in [5.41, 5.74) is 1.71. The molecule has 1 aliphatic heterocycles. The van der Waals surface area contributed by atoms with Crippen molar-refractivity contribution in [2.45, 2.75) is 6.10 Å². The molecule has 8 nitrogen and oxygen atoms in total. The summed E-state index contributed by atoms with van der Waals surface area (Å²) in [6.45, 7) is -0.277. The number of anilines is 2. The van der Waals surface area contributed by atoms with E-state index in [1.165, 1.54) is 43.5 Å². The molecule has 2 aromatic carbocycles. The van der Waals surface area contributed by atoms with Crippen molar-refractivity contribution in [3.8, 4) is 0 Å². The highest BCUT2D eigenvalue weighted by Gasteiger charge is 2.36. The summed E-state index contributed by atoms with van der Waals surface area (Å²) in [7, 11) is 1.27. The van der Waals surface area contributed by atoms with Gasteiger partial charge in [-0.1, -0.05) is 0 Å². The minimum Gasteiger partial charge on any atom is -0.465 e. The van der Waals surface area contributed by atoms with Gasteiger partial charge in [0.05, 0.1) is 42.2 Å². The largest absolute Gasteiger partial charge is 0.465 e. The minimum atomic E-state index is -0.930. The van der Waals surface area contributed by atoms with Crippen molar-refractivity contribution in [3.05, 3.63) is 59.2 Å². The monoisotopic (exact) mass is 370 g/mol. The quantitative estimate of drug-likeness (QED) is 0.514. The number of rotatable bonds is 6. The maximum atomic E-state index is 12.7. The predicted octanol–water partition coefficient (Wildman–Crippen LogP) is 1.04. The zero-order chi connectivity index (χ0) is 19.6. The van der Waals surface area contributed by atoms with Gasteiger partial charge in [-0.2, -0.15) is 0 Å². The van der Waals surface area contributed by atoms with Crippen LogP contribution in [0.1, 0.15) is 31.1 Å². The molecule has 0 fully saturated rings. The summed E-state index contributed by atoms with van der Waals surface area (Å²) in [4.78, 5) is 37.9. The number of nitrogens with one attached hydrogen (secondary N) is 1. The minimum absolute atomic E-state index is 0.107. The highest BCUT2D eigenvalue weighted by atomic mass is 16.5. The molecule has 1 heterocycles. The topological polar surface area (TPSA) is 116 Å². The van der Waals surface area contributed by atoms with E-state index in [2.05, 4.69) is 10.1 Å². The number of ether oxygens (including phenoxy) is 1. The lowest BCUT2D eigenvalue weighted by Crippen LogP contribution is -2.29. The lowest BCUT2D eigenvalue weighted by molar-refractivity contribution is 0.0600. The van der Waals surface area contributed by atoms with Gasteiger partial charge in [-0.25, -0.2) is 9.69 Å². The molecule has 1 atom stereocenters. The molecule has 3 N–H and O–H groups in total. The lowest BCUT2D eigenvalue weighted by Gasteiger charge is -2.14. The van der Waals surface area contributed by atoms with Crippen LogP contribution in [0.5, 0.6) is 0 Å². The van der Waals surface area contributed by atoms with Crippen molar-refractivity contribution in [3.63, 3.8) is 0 Å². The first-order valence-corrected chi connectivity index (χ1v) is 8.20. The van der Waals surface area contributed by atoms with E-state index in [9.17, 15) is 19.5 Å². The molecule has 0 aromatic heterocycles. The molecule has 2 aromatic rings. The maximum Gasteiger partial charge on any atom is 0.337 e. The fourth-order valence-corrected chi connectivity index (χ4v) is 2.75. The van der Waals surface area contributed by atoms with E-state index in [4.69, 9.17) is 5.11 Å². The van der Waals surface area contributed by atoms with Gasteiger partial charge in [0.2, 0.25) is 0 Å². The molecule has 0 spiro atoms. The van der Waals surface area contributed by atoms with Gasteiger partial charge < -0.3 is 20.3 Å². The maximum absolute atomic E-state index is 12.7. The summed E-state index contributed by atoms with van der Waals surface area (Å²) in [5, 5.41) is 21.2. The first-order chi connectivity index (χ1) is 13.0. The molecule has 27 heavy (non-hydrogen) atoms. The van der Waals surface area contributed by atoms with Crippen LogP contribution in [0.3, 0.4) is 0 Å². The molecule has 8 heteroatoms. The van der Waals surface area contributed by atoms with Crippen molar-refractivity contribution in [2.75, 3.05) is 30.5 Å². The lowest BCUT2D eigenvalue weighted by atomic mass is 10.1. The third-order valence-electron chi connectivity index (χ3n) is 4.19. The van der Waals surface area contributed by atoms with Crippen LogP contribution in [0.4, 0.5) is 11.4 Å². The van der Waals surface area contributed by atoms with Crippen LogP contribution >= 0.6 is 0 Å². The second-order valence-electron chi connectivity index (χ2n) is 5.96. The Morgan fingerprint density at radius 3 is 2.41 bits per heavy atom. The van der Waals surface area contributed by atoms with Gasteiger partial charge in [-0.05, 0) is 42.5 Å². The number of methoxy groups -OCH3 is 1. The van der Waals surface area contributed by atoms with Gasteiger partial charge in [-0.3, -0.25) is 9.59 Å². The molecule has 1 unspecified atom stereocenters. The van der Waals surface area contributed by atoms with Crippen LogP contribution < -0.4 is 10.2 Å². The first kappa shape index (κ1) is 18.6. The average molecular weight is 370 g/mol. The number of esters is 1. The molecule has 0 radical (unpaired) electrons. The Hall–Kier alpha value is -3.23. The number of aliphatic hydroxyl groups is 2. The van der Waals surface area contributed by atoms with Gasteiger partial charge in [-0.15, -0.1) is 0 Å². The molecule has 140 valence electrons. The van der Waals surface area contributed by atoms with E-state index in [-0.39, 0.29) is 24.3 Å². The standard InChI is InChI=1S/C19H18N2O6/c1-27-19(26)11-2-5-13(6-3-11)21-17(24)15-7-4-12(8-16(15)18(21)25)20-9-14(23)10-22/h2-8,14,20,22-23H,9-10H2,1H3. The molecular weight excluding hydrogens is 352 g/mol. The van der Waals surface area contributed by atoms with Gasteiger partial charge in [0, 0.05) is 12.2 Å². The van der Waals surface area contributed by atoms with Gasteiger partial charge in [0.1, 0.15) is 0 Å². The van der Waals surface area contributed by atoms with E-state index in [0.29, 0.717) is 16.9 Å². The van der Waals surface area contributed by atoms with E-state index in [1.807, 2.05) is 0 Å². The normalized spacial score (nSPS) is 14.1. The Kier molecular flexibility index (Phi) is 5.20. The van der Waals surface area contributed by atoms with Crippen LogP contribution in [0.15, 0.2) is 42.5 Å². The Balaban J connectivity index is 1.84. The van der Waals surface area contributed by atoms with Gasteiger partial charge in [0.15, 0.2) is 0 Å². The molecule has 3 rings (SSSR count). The number of aliphatic hydroxyl groups excluding tert-OH is 2. The summed E-state index contributed by atoms with van der Waals surface area (Å²) in [6.07, 6.45) is -0.930. The number of nitrogens with zero attached hydrogens (tertiary/aromatic N) is 1. The zero-order valence-electron chi connectivity index (χ0n) is 14.5. The molecule has 0 saturated heterocycles. The van der Waals surface area contributed by atoms with Crippen molar-refractivity contribution in [1.82, 2.24) is 0 Å². The van der Waals surface area contributed by atoms with Gasteiger partial charge in [0.25, 0.3) is 11.8 Å². The number of amides is 2. The second kappa shape index (κ2) is 7.56. The highest BCUT2D eigenvalue weighted by molar-refractivity contribution is 6.34. The second-order valence-corrected chi connectivity index (χ2v) is 5.96. The van der Waals surface area contributed by atoms with Crippen LogP contribution in [0.25, 0.3) is 0 Å². The molecule has 0 bridgehead atoms. The van der Waals surface area contributed by atoms with Crippen molar-refractivity contribution in [1.29, 1.82) is 0 Å². The Bertz CT molecular complexity index is 894. The summed E-state index contributed by atoms with van der Waals surface area (Å²) in [5.74, 6) is -1.44. The number of hydrogen-bond acceptors (Lipinski definition) is 7. The Labute approximate surface area is 155 Å². The molecule has 1 aliphatic rings. The van der Waals surface area contributed by atoms with Crippen LogP contribution in [-0.2, 0) is 4.74 Å². The zero-order valence-corrected chi connectivity index (χ0v) is 14.5. The van der Waals surface area contributed by atoms with E-state index < -0.39 is 23.9 Å². The Morgan fingerprint density at radius 1 is 1.11 bits per heavy atom. The number of carbonyl (C=O) groups excluding carboxylic acids is 3. The smallest absolute Gasteiger partial charge is 0.337 e. The van der Waals surface area contributed by atoms with Crippen molar-refractivity contribution < 1.29 is 29.3 Å². The number of imide groups is 1. The fraction of sp³-hybridized carbons (Fsp3) is 0.211. The number of carbonyl (C=O) groups is 3. The summed E-state index contributed by atoms with van der Waals surface area (Å²) in [6, 6.07) is 10.7. The SMILES string of the molecule is COC(=O)c1ccc(N2C(=O)c3ccc(NCC(O)CO)cc3C2=O)cc1. The average Bonchev–Trinajstić information content (AvgIpc) is 2.95. The number of benzene rings is 2. The predicted molar refractivity (Wildman–Crippen MR) is 96.9 cm³/mol. The van der Waals surface area contributed by atoms with E-state index >= 15 is 0 Å². The van der Waals surface area contributed by atoms with Crippen molar-refractivity contribution in [2.24, 2.45) is 0 Å². The summed E-state index contributed by atoms with van der Waals surface area (Å²) < 4.78 is 4.63. The van der Waals surface area contributed by atoms with E-state index in [1.54, 1.807) is 6.07 Å². The molecular formula is C19H18N2O6. The van der Waals surface area contributed by atoms with Crippen LogP contribution in [-0.4, -0.2) is 54.4 Å². The Morgan fingerprint density at radius 2 is 1.78 bits per heavy atom. The van der Waals surface area contributed by atoms with E-state index in [0.717, 1.165) is 4.90 Å². The number of hydrogen-bond donors (Lipinski definition) is 3.